The maximum absolute atomic E-state index is 12.6. The van der Waals surface area contributed by atoms with Crippen LogP contribution in [0.15, 0.2) is 12.7 Å². The summed E-state index contributed by atoms with van der Waals surface area (Å²) in [6.07, 6.45) is -6.89. The van der Waals surface area contributed by atoms with Crippen LogP contribution in [0.1, 0.15) is 40.3 Å². The van der Waals surface area contributed by atoms with Crippen LogP contribution in [0.3, 0.4) is 0 Å². The molecule has 0 saturated carbocycles. The third kappa shape index (κ3) is 14.3. The summed E-state index contributed by atoms with van der Waals surface area (Å²) in [5.41, 5.74) is 4.26. The summed E-state index contributed by atoms with van der Waals surface area (Å²) in [4.78, 5) is 86.9. The number of fused-ring (bicyclic) bond motifs is 1. The first-order valence-corrected chi connectivity index (χ1v) is 21.0. The zero-order chi connectivity index (χ0) is 39.9. The Morgan fingerprint density at radius 3 is 2.33 bits per heavy atom. The summed E-state index contributed by atoms with van der Waals surface area (Å²) < 4.78 is 61.9. The van der Waals surface area contributed by atoms with Crippen molar-refractivity contribution >= 4 is 88.0 Å². The number of thioether (sulfide) groups is 1. The molecular weight excluding hydrogens is 802 g/mol. The summed E-state index contributed by atoms with van der Waals surface area (Å²) in [5.74, 6) is -1.22. The molecule has 10 N–H and O–H groups in total. The van der Waals surface area contributed by atoms with Crippen molar-refractivity contribution < 1.29 is 80.5 Å². The number of ether oxygens (including phenoxy) is 1. The second kappa shape index (κ2) is 20.0. The molecule has 1 fully saturated rings. The number of carbonyl (C=O) groups is 3. The smallest absolute Gasteiger partial charge is 0.386 e. The molecule has 2 aromatic rings. The van der Waals surface area contributed by atoms with E-state index < -0.39 is 84.6 Å². The van der Waals surface area contributed by atoms with Crippen molar-refractivity contribution in [3.63, 3.8) is 0 Å². The molecule has 29 heteroatoms. The minimum Gasteiger partial charge on any atom is -0.386 e. The van der Waals surface area contributed by atoms with Gasteiger partial charge in [0.25, 0.3) is 0 Å². The van der Waals surface area contributed by atoms with Gasteiger partial charge < -0.3 is 50.9 Å². The van der Waals surface area contributed by atoms with E-state index in [1.807, 2.05) is 0 Å². The SMILES string of the molecule is CC(C)C(=O)SCCNC(=O)CCNC(=O)C(O)C(C)(C)COP(=O)(O)OP(=O)(O)OCC1OC(n2cnc3c(N)ncnc32)C(O)C1OP(=O)(O)O.[Li]. The first-order chi connectivity index (χ1) is 24.4. The van der Waals surface area contributed by atoms with Crippen LogP contribution in [-0.4, -0.2) is 142 Å². The number of carbonyl (C=O) groups excluding carboxylic acids is 3. The number of anilines is 1. The Balaban J connectivity index is 0.0000101. The molecule has 0 aromatic carbocycles. The van der Waals surface area contributed by atoms with Crippen molar-refractivity contribution in [2.24, 2.45) is 11.3 Å². The minimum atomic E-state index is -5.56. The van der Waals surface area contributed by atoms with E-state index in [9.17, 15) is 57.9 Å². The molecule has 2 amide bonds. The van der Waals surface area contributed by atoms with Gasteiger partial charge in [0, 0.05) is 55.5 Å². The number of phosphoric acid groups is 3. The molecule has 3 heterocycles. The number of nitrogens with zero attached hydrogens (tertiary/aromatic N) is 4. The van der Waals surface area contributed by atoms with Crippen LogP contribution in [-0.2, 0) is 50.7 Å². The number of phosphoric ester groups is 3. The Bertz CT molecular complexity index is 1770. The maximum Gasteiger partial charge on any atom is 0.481 e. The maximum atomic E-state index is 12.6. The number of hydrogen-bond donors (Lipinski definition) is 9. The van der Waals surface area contributed by atoms with E-state index >= 15 is 0 Å². The quantitative estimate of drug-likeness (QED) is 0.0436. The third-order valence-electron chi connectivity index (χ3n) is 7.22. The van der Waals surface area contributed by atoms with Crippen LogP contribution in [0.2, 0.25) is 0 Å². The number of imidazole rings is 1. The number of aliphatic hydroxyl groups is 2. The largest absolute Gasteiger partial charge is 0.481 e. The van der Waals surface area contributed by atoms with E-state index in [1.54, 1.807) is 13.8 Å². The molecule has 0 spiro atoms. The Morgan fingerprint density at radius 1 is 1.06 bits per heavy atom. The first kappa shape index (κ1) is 48.3. The number of amides is 2. The number of hydrogen-bond acceptors (Lipinski definition) is 18. The molecule has 54 heavy (non-hydrogen) atoms. The van der Waals surface area contributed by atoms with Crippen molar-refractivity contribution in [1.82, 2.24) is 30.2 Å². The predicted octanol–water partition coefficient (Wildman–Crippen LogP) is -1.06. The van der Waals surface area contributed by atoms with Crippen molar-refractivity contribution in [2.75, 3.05) is 37.8 Å². The second-order valence-corrected chi connectivity index (χ2v) is 17.7. The monoisotopic (exact) mass is 844 g/mol. The number of nitrogens with two attached hydrogens (primary N) is 1. The van der Waals surface area contributed by atoms with E-state index in [-0.39, 0.29) is 66.4 Å². The predicted molar refractivity (Wildman–Crippen MR) is 188 cm³/mol. The van der Waals surface area contributed by atoms with Crippen LogP contribution in [0.25, 0.3) is 11.2 Å². The van der Waals surface area contributed by atoms with Crippen LogP contribution in [0, 0.1) is 11.3 Å². The molecule has 1 aliphatic heterocycles. The molecule has 0 bridgehead atoms. The molecule has 24 nitrogen and oxygen atoms in total. The van der Waals surface area contributed by atoms with Crippen molar-refractivity contribution in [2.45, 2.75) is 64.8 Å². The molecule has 1 saturated heterocycles. The fraction of sp³-hybridized carbons (Fsp3) is 0.680. The van der Waals surface area contributed by atoms with Gasteiger partial charge in [0.15, 0.2) is 22.8 Å². The van der Waals surface area contributed by atoms with Gasteiger partial charge in [0.1, 0.15) is 36.3 Å². The number of aromatic nitrogens is 4. The van der Waals surface area contributed by atoms with Gasteiger partial charge in [-0.25, -0.2) is 28.6 Å². The molecule has 3 rings (SSSR count). The number of aliphatic hydroxyl groups excluding tert-OH is 2. The van der Waals surface area contributed by atoms with Gasteiger partial charge in [0.05, 0.1) is 19.5 Å². The molecular formula is C25H42LiN7O17P3S. The number of nitrogen functional groups attached to an aromatic ring is 1. The Morgan fingerprint density at radius 2 is 1.70 bits per heavy atom. The summed E-state index contributed by atoms with van der Waals surface area (Å²) >= 11 is 1.08. The van der Waals surface area contributed by atoms with E-state index in [1.165, 1.54) is 13.8 Å². The molecule has 1 aliphatic rings. The molecule has 0 aliphatic carbocycles. The number of nitrogens with one attached hydrogen (secondary N) is 2. The summed E-state index contributed by atoms with van der Waals surface area (Å²) in [7, 11) is -16.4. The molecule has 1 radical (unpaired) electrons. The van der Waals surface area contributed by atoms with Gasteiger partial charge in [-0.05, 0) is 0 Å². The van der Waals surface area contributed by atoms with Gasteiger partial charge in [-0.1, -0.05) is 39.5 Å². The van der Waals surface area contributed by atoms with Crippen molar-refractivity contribution in [1.29, 1.82) is 0 Å². The van der Waals surface area contributed by atoms with E-state index in [2.05, 4.69) is 34.4 Å². The molecule has 301 valence electrons. The zero-order valence-electron chi connectivity index (χ0n) is 29.7. The summed E-state index contributed by atoms with van der Waals surface area (Å²) in [6.45, 7) is 4.03. The average Bonchev–Trinajstić information content (AvgIpc) is 3.60. The van der Waals surface area contributed by atoms with E-state index in [0.717, 1.165) is 29.0 Å². The Labute approximate surface area is 324 Å². The van der Waals surface area contributed by atoms with Gasteiger partial charge >= 0.3 is 23.5 Å². The first-order valence-electron chi connectivity index (χ1n) is 15.5. The van der Waals surface area contributed by atoms with Crippen LogP contribution in [0.5, 0.6) is 0 Å². The zero-order valence-corrected chi connectivity index (χ0v) is 33.2. The van der Waals surface area contributed by atoms with Crippen LogP contribution in [0.4, 0.5) is 5.82 Å². The topological polar surface area (TPSA) is 364 Å². The summed E-state index contributed by atoms with van der Waals surface area (Å²) in [6, 6.07) is 0. The summed E-state index contributed by atoms with van der Waals surface area (Å²) in [5, 5.41) is 26.3. The van der Waals surface area contributed by atoms with Gasteiger partial charge in [-0.3, -0.25) is 32.5 Å². The molecule has 2 aromatic heterocycles. The van der Waals surface area contributed by atoms with Crippen molar-refractivity contribution in [3.8, 4) is 0 Å². The van der Waals surface area contributed by atoms with Gasteiger partial charge in [0.2, 0.25) is 11.8 Å². The van der Waals surface area contributed by atoms with Crippen LogP contribution < -0.4 is 16.4 Å². The molecule has 7 unspecified atom stereocenters. The van der Waals surface area contributed by atoms with Crippen LogP contribution >= 0.6 is 35.2 Å². The third-order valence-corrected chi connectivity index (χ3v) is 11.5. The van der Waals surface area contributed by atoms with E-state index in [0.29, 0.717) is 5.75 Å². The fourth-order valence-electron chi connectivity index (χ4n) is 4.45. The Kier molecular flexibility index (Phi) is 17.9. The standard InChI is InChI=1S/C25H42N7O17P3S.Li/c1-13(2)24(37)53-8-7-27-15(33)5-6-28-22(36)19(35)25(3,4)10-46-52(43,44)49-51(41,42)45-9-14-18(48-50(38,39)40)17(34)23(47-14)32-12-31-16-20(26)29-11-30-21(16)32;/h11-14,17-19,23,34-35H,5-10H2,1-4H3,(H,27,33)(H,28,36)(H,41,42)(H,43,44)(H2,26,29,30)(H2,38,39,40);. The fourth-order valence-corrected chi connectivity index (χ4v) is 8.02. The van der Waals surface area contributed by atoms with Gasteiger partial charge in [-0.15, -0.1) is 0 Å². The minimum absolute atomic E-state index is 0. The van der Waals surface area contributed by atoms with Crippen molar-refractivity contribution in [3.05, 3.63) is 12.7 Å². The van der Waals surface area contributed by atoms with E-state index in [4.69, 9.17) is 19.5 Å². The number of rotatable bonds is 20. The average molecular weight is 845 g/mol. The van der Waals surface area contributed by atoms with Gasteiger partial charge in [-0.2, -0.15) is 4.31 Å². The molecule has 7 atom stereocenters. The Hall–Kier alpha value is -1.84. The second-order valence-electron chi connectivity index (χ2n) is 12.4. The normalized spacial score (nSPS) is 21.9.